The SMILES string of the molecule is COCCNS(=O)(=O)/C(C#N)=C/c1ccc2cc(N3CCOCC3)ccc2c1. The van der Waals surface area contributed by atoms with Crippen molar-refractivity contribution < 1.29 is 17.9 Å². The largest absolute Gasteiger partial charge is 0.383 e. The third kappa shape index (κ3) is 4.88. The van der Waals surface area contributed by atoms with Crippen molar-refractivity contribution >= 4 is 32.6 Å². The minimum absolute atomic E-state index is 0.111. The Labute approximate surface area is 165 Å². The van der Waals surface area contributed by atoms with Gasteiger partial charge in [0.25, 0.3) is 10.0 Å². The second-order valence-electron chi connectivity index (χ2n) is 6.40. The molecule has 2 aromatic carbocycles. The Balaban J connectivity index is 1.84. The Bertz CT molecular complexity index is 1010. The van der Waals surface area contributed by atoms with Crippen molar-refractivity contribution in [3.8, 4) is 6.07 Å². The second-order valence-corrected chi connectivity index (χ2v) is 8.14. The highest BCUT2D eigenvalue weighted by molar-refractivity contribution is 7.93. The lowest BCUT2D eigenvalue weighted by molar-refractivity contribution is 0.122. The van der Waals surface area contributed by atoms with Crippen LogP contribution in [0.2, 0.25) is 0 Å². The minimum atomic E-state index is -3.87. The van der Waals surface area contributed by atoms with Crippen LogP contribution < -0.4 is 9.62 Å². The maximum Gasteiger partial charge on any atom is 0.250 e. The molecular weight excluding hydrogens is 378 g/mol. The van der Waals surface area contributed by atoms with Crippen LogP contribution in [-0.2, 0) is 19.5 Å². The number of methoxy groups -OCH3 is 1. The van der Waals surface area contributed by atoms with E-state index in [1.54, 1.807) is 6.07 Å². The highest BCUT2D eigenvalue weighted by Gasteiger charge is 2.17. The number of nitrogens with one attached hydrogen (secondary N) is 1. The molecular formula is C20H23N3O4S. The fourth-order valence-electron chi connectivity index (χ4n) is 3.04. The Morgan fingerprint density at radius 3 is 2.68 bits per heavy atom. The first-order valence-electron chi connectivity index (χ1n) is 9.00. The van der Waals surface area contributed by atoms with E-state index in [0.29, 0.717) is 5.56 Å². The van der Waals surface area contributed by atoms with Gasteiger partial charge in [-0.25, -0.2) is 13.1 Å². The number of benzene rings is 2. The zero-order valence-electron chi connectivity index (χ0n) is 15.7. The number of ether oxygens (including phenoxy) is 2. The predicted octanol–water partition coefficient (Wildman–Crippen LogP) is 2.11. The molecule has 0 unspecified atom stereocenters. The number of rotatable bonds is 7. The molecule has 1 N–H and O–H groups in total. The van der Waals surface area contributed by atoms with E-state index in [1.165, 1.54) is 13.2 Å². The summed E-state index contributed by atoms with van der Waals surface area (Å²) in [5, 5.41) is 11.3. The lowest BCUT2D eigenvalue weighted by Crippen LogP contribution is -2.36. The van der Waals surface area contributed by atoms with E-state index in [1.807, 2.05) is 24.3 Å². The topological polar surface area (TPSA) is 91.7 Å². The number of hydrogen-bond donors (Lipinski definition) is 1. The van der Waals surface area contributed by atoms with Gasteiger partial charge < -0.3 is 14.4 Å². The van der Waals surface area contributed by atoms with Crippen molar-refractivity contribution in [3.63, 3.8) is 0 Å². The van der Waals surface area contributed by atoms with Gasteiger partial charge in [0.05, 0.1) is 19.8 Å². The fourth-order valence-corrected chi connectivity index (χ4v) is 3.96. The number of morpholine rings is 1. The van der Waals surface area contributed by atoms with Gasteiger partial charge in [-0.05, 0) is 40.6 Å². The van der Waals surface area contributed by atoms with Crippen LogP contribution in [0.3, 0.4) is 0 Å². The van der Waals surface area contributed by atoms with Gasteiger partial charge in [-0.1, -0.05) is 18.2 Å². The van der Waals surface area contributed by atoms with Gasteiger partial charge in [-0.2, -0.15) is 5.26 Å². The predicted molar refractivity (Wildman–Crippen MR) is 109 cm³/mol. The van der Waals surface area contributed by atoms with Crippen LogP contribution in [-0.4, -0.2) is 55.0 Å². The lowest BCUT2D eigenvalue weighted by atomic mass is 10.1. The van der Waals surface area contributed by atoms with E-state index < -0.39 is 10.0 Å². The Morgan fingerprint density at radius 2 is 1.96 bits per heavy atom. The van der Waals surface area contributed by atoms with Gasteiger partial charge >= 0.3 is 0 Å². The number of hydrogen-bond acceptors (Lipinski definition) is 6. The van der Waals surface area contributed by atoms with Crippen molar-refractivity contribution in [1.82, 2.24) is 4.72 Å². The third-order valence-corrected chi connectivity index (χ3v) is 5.89. The van der Waals surface area contributed by atoms with E-state index in [0.717, 1.165) is 42.8 Å². The second kappa shape index (κ2) is 9.17. The molecule has 148 valence electrons. The van der Waals surface area contributed by atoms with E-state index >= 15 is 0 Å². The van der Waals surface area contributed by atoms with E-state index in [2.05, 4.69) is 21.8 Å². The standard InChI is InChI=1S/C20H23N3O4S/c1-26-9-6-22-28(24,25)20(15-21)13-16-2-3-18-14-19(5-4-17(18)12-16)23-7-10-27-11-8-23/h2-5,12-14,22H,6-11H2,1H3/b20-13+. The molecule has 0 atom stereocenters. The number of sulfonamides is 1. The van der Waals surface area contributed by atoms with Gasteiger partial charge in [0, 0.05) is 32.4 Å². The van der Waals surface area contributed by atoms with Gasteiger partial charge in [0.1, 0.15) is 6.07 Å². The molecule has 0 spiro atoms. The maximum absolute atomic E-state index is 12.3. The summed E-state index contributed by atoms with van der Waals surface area (Å²) in [6, 6.07) is 13.6. The molecule has 0 aromatic heterocycles. The molecule has 0 bridgehead atoms. The number of allylic oxidation sites excluding steroid dienone is 1. The molecule has 1 aliphatic rings. The monoisotopic (exact) mass is 401 g/mol. The summed E-state index contributed by atoms with van der Waals surface area (Å²) in [4.78, 5) is 1.95. The number of nitrogens with zero attached hydrogens (tertiary/aromatic N) is 2. The third-order valence-electron chi connectivity index (χ3n) is 4.52. The van der Waals surface area contributed by atoms with Gasteiger partial charge in [0.15, 0.2) is 4.91 Å². The van der Waals surface area contributed by atoms with E-state index in [4.69, 9.17) is 9.47 Å². The normalized spacial score (nSPS) is 15.6. The number of nitriles is 1. The van der Waals surface area contributed by atoms with Crippen LogP contribution in [0.1, 0.15) is 5.56 Å². The summed E-state index contributed by atoms with van der Waals surface area (Å²) >= 11 is 0. The molecule has 7 nitrogen and oxygen atoms in total. The zero-order valence-corrected chi connectivity index (χ0v) is 16.5. The number of fused-ring (bicyclic) bond motifs is 1. The first-order valence-corrected chi connectivity index (χ1v) is 10.5. The van der Waals surface area contributed by atoms with Gasteiger partial charge in [-0.15, -0.1) is 0 Å². The Hall–Kier alpha value is -2.44. The first-order chi connectivity index (χ1) is 13.5. The average Bonchev–Trinajstić information content (AvgIpc) is 2.72. The van der Waals surface area contributed by atoms with E-state index in [9.17, 15) is 13.7 Å². The molecule has 3 rings (SSSR count). The van der Waals surface area contributed by atoms with Crippen LogP contribution >= 0.6 is 0 Å². The molecule has 0 amide bonds. The van der Waals surface area contributed by atoms with E-state index in [-0.39, 0.29) is 18.1 Å². The molecule has 0 aliphatic carbocycles. The quantitative estimate of drug-likeness (QED) is 0.564. The van der Waals surface area contributed by atoms with Crippen molar-refractivity contribution in [2.24, 2.45) is 0 Å². The van der Waals surface area contributed by atoms with Gasteiger partial charge in [-0.3, -0.25) is 0 Å². The molecule has 1 aliphatic heterocycles. The molecule has 1 fully saturated rings. The van der Waals surface area contributed by atoms with Gasteiger partial charge in [0.2, 0.25) is 0 Å². The summed E-state index contributed by atoms with van der Waals surface area (Å²) in [6.45, 7) is 3.54. The van der Waals surface area contributed by atoms with Crippen molar-refractivity contribution in [2.45, 2.75) is 0 Å². The molecule has 28 heavy (non-hydrogen) atoms. The highest BCUT2D eigenvalue weighted by Crippen LogP contribution is 2.25. The molecule has 8 heteroatoms. The smallest absolute Gasteiger partial charge is 0.250 e. The lowest BCUT2D eigenvalue weighted by Gasteiger charge is -2.29. The highest BCUT2D eigenvalue weighted by atomic mass is 32.2. The van der Waals surface area contributed by atoms with Crippen LogP contribution in [0.25, 0.3) is 16.8 Å². The number of anilines is 1. The van der Waals surface area contributed by atoms with Crippen LogP contribution in [0.4, 0.5) is 5.69 Å². The first kappa shape index (κ1) is 20.3. The Kier molecular flexibility index (Phi) is 6.65. The van der Waals surface area contributed by atoms with Crippen LogP contribution in [0.5, 0.6) is 0 Å². The van der Waals surface area contributed by atoms with Crippen LogP contribution in [0.15, 0.2) is 41.3 Å². The molecule has 1 heterocycles. The summed E-state index contributed by atoms with van der Waals surface area (Å²) in [7, 11) is -2.38. The summed E-state index contributed by atoms with van der Waals surface area (Å²) in [5.41, 5.74) is 1.79. The zero-order chi connectivity index (χ0) is 20.0. The van der Waals surface area contributed by atoms with Crippen LogP contribution in [0, 0.1) is 11.3 Å². The Morgan fingerprint density at radius 1 is 1.25 bits per heavy atom. The molecule has 0 radical (unpaired) electrons. The molecule has 2 aromatic rings. The fraction of sp³-hybridized carbons (Fsp3) is 0.350. The minimum Gasteiger partial charge on any atom is -0.383 e. The van der Waals surface area contributed by atoms with Crippen molar-refractivity contribution in [1.29, 1.82) is 5.26 Å². The molecule has 1 saturated heterocycles. The summed E-state index contributed by atoms with van der Waals surface area (Å²) in [5.74, 6) is 0. The van der Waals surface area contributed by atoms with Crippen molar-refractivity contribution in [3.05, 3.63) is 46.9 Å². The maximum atomic E-state index is 12.3. The molecule has 0 saturated carbocycles. The van der Waals surface area contributed by atoms with Crippen molar-refractivity contribution in [2.75, 3.05) is 51.5 Å². The summed E-state index contributed by atoms with van der Waals surface area (Å²) in [6.07, 6.45) is 1.38. The average molecular weight is 401 g/mol. The summed E-state index contributed by atoms with van der Waals surface area (Å²) < 4.78 is 37.1.